The molecule has 0 aliphatic carbocycles. The van der Waals surface area contributed by atoms with Crippen molar-refractivity contribution < 1.29 is 0 Å². The van der Waals surface area contributed by atoms with Crippen LogP contribution in [-0.2, 0) is 6.54 Å². The van der Waals surface area contributed by atoms with Crippen molar-refractivity contribution in [3.8, 4) is 5.69 Å². The van der Waals surface area contributed by atoms with Crippen molar-refractivity contribution in [2.24, 2.45) is 11.7 Å². The molecule has 8 heteroatoms. The Morgan fingerprint density at radius 3 is 2.62 bits per heavy atom. The van der Waals surface area contributed by atoms with Crippen LogP contribution < -0.4 is 21.6 Å². The Balaban J connectivity index is 1.20. The molecule has 5 rings (SSSR count). The summed E-state index contributed by atoms with van der Waals surface area (Å²) in [5, 5.41) is 3.63. The summed E-state index contributed by atoms with van der Waals surface area (Å²) >= 11 is 0. The second-order valence-electron chi connectivity index (χ2n) is 9.99. The van der Waals surface area contributed by atoms with Gasteiger partial charge in [-0.1, -0.05) is 18.7 Å². The lowest BCUT2D eigenvalue weighted by Crippen LogP contribution is -2.48. The van der Waals surface area contributed by atoms with Crippen LogP contribution in [0.2, 0.25) is 0 Å². The maximum Gasteiger partial charge on any atom is 0.354 e. The van der Waals surface area contributed by atoms with E-state index in [4.69, 9.17) is 5.73 Å². The van der Waals surface area contributed by atoms with Crippen molar-refractivity contribution >= 4 is 5.82 Å². The highest BCUT2D eigenvalue weighted by molar-refractivity contribution is 5.41. The van der Waals surface area contributed by atoms with Crippen LogP contribution in [0.25, 0.3) is 5.69 Å². The van der Waals surface area contributed by atoms with Gasteiger partial charge in [0.05, 0.1) is 5.69 Å². The molecule has 34 heavy (non-hydrogen) atoms. The van der Waals surface area contributed by atoms with E-state index < -0.39 is 0 Å². The molecule has 8 nitrogen and oxygen atoms in total. The molecule has 3 atom stereocenters. The zero-order valence-corrected chi connectivity index (χ0v) is 20.2. The van der Waals surface area contributed by atoms with Crippen molar-refractivity contribution in [2.75, 3.05) is 50.7 Å². The van der Waals surface area contributed by atoms with Gasteiger partial charge in [0.1, 0.15) is 5.82 Å². The van der Waals surface area contributed by atoms with Crippen LogP contribution in [0.4, 0.5) is 5.82 Å². The van der Waals surface area contributed by atoms with Crippen molar-refractivity contribution in [3.63, 3.8) is 0 Å². The lowest BCUT2D eigenvalue weighted by Gasteiger charge is -2.38. The number of anilines is 1. The Bertz CT molecular complexity index is 1060. The molecule has 182 valence electrons. The van der Waals surface area contributed by atoms with Gasteiger partial charge >= 0.3 is 5.69 Å². The van der Waals surface area contributed by atoms with Gasteiger partial charge in [-0.25, -0.2) is 4.79 Å². The summed E-state index contributed by atoms with van der Waals surface area (Å²) < 4.78 is 1.62. The Morgan fingerprint density at radius 2 is 1.91 bits per heavy atom. The lowest BCUT2D eigenvalue weighted by molar-refractivity contribution is 0.156. The minimum Gasteiger partial charge on any atom is -0.370 e. The van der Waals surface area contributed by atoms with Crippen molar-refractivity contribution in [1.82, 2.24) is 24.7 Å². The predicted molar refractivity (Wildman–Crippen MR) is 136 cm³/mol. The molecule has 3 aliphatic rings. The number of piperidine rings is 1. The number of rotatable bonds is 6. The van der Waals surface area contributed by atoms with Gasteiger partial charge in [-0.05, 0) is 62.5 Å². The second-order valence-corrected chi connectivity index (χ2v) is 9.99. The number of hydrogen-bond acceptors (Lipinski definition) is 7. The average Bonchev–Trinajstić information content (AvgIpc) is 3.32. The van der Waals surface area contributed by atoms with Crippen molar-refractivity contribution in [1.29, 1.82) is 0 Å². The molecule has 1 aromatic carbocycles. The Kier molecular flexibility index (Phi) is 6.72. The molecule has 3 saturated heterocycles. The summed E-state index contributed by atoms with van der Waals surface area (Å²) in [5.74, 6) is 1.52. The summed E-state index contributed by atoms with van der Waals surface area (Å²) in [6, 6.07) is 10.9. The monoisotopic (exact) mass is 463 g/mol. The molecule has 0 bridgehead atoms. The van der Waals surface area contributed by atoms with Gasteiger partial charge in [-0.2, -0.15) is 4.98 Å². The number of nitrogens with two attached hydrogens (primary N) is 1. The summed E-state index contributed by atoms with van der Waals surface area (Å²) in [4.78, 5) is 24.1. The van der Waals surface area contributed by atoms with E-state index in [0.717, 1.165) is 68.4 Å². The lowest BCUT2D eigenvalue weighted by atomic mass is 9.93. The number of benzene rings is 1. The van der Waals surface area contributed by atoms with Crippen LogP contribution in [0.5, 0.6) is 0 Å². The first-order chi connectivity index (χ1) is 16.5. The Hall–Kier alpha value is -2.68. The van der Waals surface area contributed by atoms with Crippen molar-refractivity contribution in [2.45, 2.75) is 38.4 Å². The first kappa shape index (κ1) is 23.1. The van der Waals surface area contributed by atoms with E-state index in [9.17, 15) is 4.79 Å². The largest absolute Gasteiger partial charge is 0.370 e. The minimum atomic E-state index is -0.247. The normalized spacial score (nSPS) is 24.2. The minimum absolute atomic E-state index is 0.0446. The molecule has 1 aromatic heterocycles. The van der Waals surface area contributed by atoms with E-state index in [1.165, 1.54) is 31.5 Å². The van der Waals surface area contributed by atoms with Crippen LogP contribution in [0, 0.1) is 5.92 Å². The fourth-order valence-electron chi connectivity index (χ4n) is 5.56. The average molecular weight is 464 g/mol. The van der Waals surface area contributed by atoms with Crippen LogP contribution >= 0.6 is 0 Å². The third-order valence-electron chi connectivity index (χ3n) is 7.68. The molecule has 2 aromatic rings. The highest BCUT2D eigenvalue weighted by Crippen LogP contribution is 2.25. The number of aromatic nitrogens is 2. The molecule has 1 unspecified atom stereocenters. The van der Waals surface area contributed by atoms with Gasteiger partial charge in [0.25, 0.3) is 0 Å². The fourth-order valence-corrected chi connectivity index (χ4v) is 5.56. The van der Waals surface area contributed by atoms with Gasteiger partial charge < -0.3 is 20.9 Å². The molecule has 3 fully saturated rings. The Morgan fingerprint density at radius 1 is 1.15 bits per heavy atom. The number of likely N-dealkylation sites (tertiary alicyclic amines) is 1. The van der Waals surface area contributed by atoms with Gasteiger partial charge in [-0.3, -0.25) is 9.47 Å². The molecule has 4 heterocycles. The molecule has 0 saturated carbocycles. The van der Waals surface area contributed by atoms with Crippen LogP contribution in [0.1, 0.15) is 25.3 Å². The zero-order valence-electron chi connectivity index (χ0n) is 20.2. The third kappa shape index (κ3) is 4.89. The molecular formula is C26H37N7O. The van der Waals surface area contributed by atoms with E-state index in [1.807, 2.05) is 31.3 Å². The van der Waals surface area contributed by atoms with E-state index >= 15 is 0 Å². The first-order valence-electron chi connectivity index (χ1n) is 12.6. The smallest absolute Gasteiger partial charge is 0.354 e. The van der Waals surface area contributed by atoms with Crippen LogP contribution in [0.15, 0.2) is 53.6 Å². The van der Waals surface area contributed by atoms with Gasteiger partial charge in [-0.15, -0.1) is 0 Å². The topological polar surface area (TPSA) is 82.7 Å². The maximum atomic E-state index is 12.8. The van der Waals surface area contributed by atoms with E-state index in [1.54, 1.807) is 4.57 Å². The SMILES string of the molecule is C=C(C(C)N)N1CCN(c2ccn(-c3ccc(CN4CC[C@H]5NCC[C@H]5C4)cc3)c(=O)n2)CC1. The number of nitrogens with zero attached hydrogens (tertiary/aromatic N) is 5. The summed E-state index contributed by atoms with van der Waals surface area (Å²) in [5.41, 5.74) is 8.82. The molecule has 0 spiro atoms. The van der Waals surface area contributed by atoms with E-state index in [0.29, 0.717) is 0 Å². The number of hydrogen-bond donors (Lipinski definition) is 2. The summed E-state index contributed by atoms with van der Waals surface area (Å²) in [6.07, 6.45) is 4.38. The molecular weight excluding hydrogens is 426 g/mol. The second kappa shape index (κ2) is 9.90. The first-order valence-corrected chi connectivity index (χ1v) is 12.6. The predicted octanol–water partition coefficient (Wildman–Crippen LogP) is 1.40. The van der Waals surface area contributed by atoms with Gasteiger partial charge in [0.15, 0.2) is 0 Å². The molecule has 0 amide bonds. The van der Waals surface area contributed by atoms with E-state index in [2.05, 4.69) is 43.7 Å². The molecule has 3 aliphatic heterocycles. The summed E-state index contributed by atoms with van der Waals surface area (Å²) in [7, 11) is 0. The summed E-state index contributed by atoms with van der Waals surface area (Å²) in [6.45, 7) is 13.8. The fraction of sp³-hybridized carbons (Fsp3) is 0.538. The van der Waals surface area contributed by atoms with Crippen LogP contribution in [0.3, 0.4) is 0 Å². The van der Waals surface area contributed by atoms with Gasteiger partial charge in [0.2, 0.25) is 0 Å². The number of piperazine rings is 1. The number of nitrogens with one attached hydrogen (secondary N) is 1. The molecule has 3 N–H and O–H groups in total. The molecule has 0 radical (unpaired) electrons. The maximum absolute atomic E-state index is 12.8. The van der Waals surface area contributed by atoms with Gasteiger partial charge in [0, 0.05) is 63.2 Å². The standard InChI is InChI=1S/C26H37N7O/c1-19(27)20(2)31-13-15-32(16-14-31)25-9-12-33(26(34)29-25)23-5-3-21(4-6-23)17-30-11-8-24-22(18-30)7-10-28-24/h3-6,9,12,19,22,24,28H,2,7-8,10-11,13-18,27H2,1H3/t19?,22-,24+/m0/s1. The highest BCUT2D eigenvalue weighted by atomic mass is 16.1. The Labute approximate surface area is 202 Å². The van der Waals surface area contributed by atoms with Crippen LogP contribution in [-0.4, -0.2) is 77.2 Å². The third-order valence-corrected chi connectivity index (χ3v) is 7.68. The van der Waals surface area contributed by atoms with Crippen molar-refractivity contribution in [3.05, 3.63) is 64.9 Å². The zero-order chi connectivity index (χ0) is 23.7. The van der Waals surface area contributed by atoms with E-state index in [-0.39, 0.29) is 11.7 Å². The highest BCUT2D eigenvalue weighted by Gasteiger charge is 2.32. The number of fused-ring (bicyclic) bond motifs is 1. The quantitative estimate of drug-likeness (QED) is 0.670.